The second-order valence-electron chi connectivity index (χ2n) is 6.75. The van der Waals surface area contributed by atoms with Crippen LogP contribution in [0.15, 0.2) is 36.9 Å². The van der Waals surface area contributed by atoms with Gasteiger partial charge < -0.3 is 4.90 Å². The van der Waals surface area contributed by atoms with E-state index in [1.807, 2.05) is 25.4 Å². The van der Waals surface area contributed by atoms with E-state index in [0.717, 1.165) is 11.1 Å². The molecule has 134 valence electrons. The highest BCUT2D eigenvalue weighted by Crippen LogP contribution is 2.23. The Hall–Kier alpha value is -2.28. The van der Waals surface area contributed by atoms with Crippen LogP contribution in [0.4, 0.5) is 4.39 Å². The average molecular weight is 345 g/mol. The SMILES string of the molecule is CN(C[C@@H]1C[C@H](F)CN1Cc1cnn(C)c1)C(=O)Cc1cccnc1. The van der Waals surface area contributed by atoms with Gasteiger partial charge in [0.2, 0.25) is 5.91 Å². The number of likely N-dealkylation sites (N-methyl/N-ethyl adjacent to an activating group) is 1. The first-order valence-electron chi connectivity index (χ1n) is 8.50. The maximum atomic E-state index is 14.0. The summed E-state index contributed by atoms with van der Waals surface area (Å²) in [7, 11) is 3.65. The van der Waals surface area contributed by atoms with Crippen molar-refractivity contribution in [1.82, 2.24) is 24.6 Å². The summed E-state index contributed by atoms with van der Waals surface area (Å²) in [6.45, 7) is 1.59. The Labute approximate surface area is 147 Å². The van der Waals surface area contributed by atoms with Gasteiger partial charge in [-0.3, -0.25) is 19.4 Å². The number of aryl methyl sites for hydroxylation is 1. The molecule has 0 saturated carbocycles. The maximum absolute atomic E-state index is 14.0. The van der Waals surface area contributed by atoms with Gasteiger partial charge in [-0.15, -0.1) is 0 Å². The van der Waals surface area contributed by atoms with Crippen LogP contribution in [-0.4, -0.2) is 62.8 Å². The van der Waals surface area contributed by atoms with Gasteiger partial charge >= 0.3 is 0 Å². The summed E-state index contributed by atoms with van der Waals surface area (Å²) in [5, 5.41) is 4.16. The molecule has 1 aliphatic rings. The zero-order valence-electron chi connectivity index (χ0n) is 14.7. The number of pyridine rings is 1. The monoisotopic (exact) mass is 345 g/mol. The van der Waals surface area contributed by atoms with Crippen molar-refractivity contribution in [2.24, 2.45) is 7.05 Å². The summed E-state index contributed by atoms with van der Waals surface area (Å²) in [5.41, 5.74) is 1.95. The van der Waals surface area contributed by atoms with Gasteiger partial charge in [0.15, 0.2) is 0 Å². The molecule has 0 unspecified atom stereocenters. The van der Waals surface area contributed by atoms with E-state index in [1.54, 1.807) is 35.2 Å². The number of nitrogens with zero attached hydrogens (tertiary/aromatic N) is 5. The van der Waals surface area contributed by atoms with Crippen LogP contribution in [0.5, 0.6) is 0 Å². The molecule has 0 aliphatic carbocycles. The summed E-state index contributed by atoms with van der Waals surface area (Å²) < 4.78 is 15.7. The quantitative estimate of drug-likeness (QED) is 0.795. The number of carbonyl (C=O) groups is 1. The summed E-state index contributed by atoms with van der Waals surface area (Å²) in [5.74, 6) is 0.0247. The molecule has 1 saturated heterocycles. The van der Waals surface area contributed by atoms with E-state index in [-0.39, 0.29) is 11.9 Å². The van der Waals surface area contributed by atoms with Crippen molar-refractivity contribution in [3.05, 3.63) is 48.0 Å². The van der Waals surface area contributed by atoms with Crippen LogP contribution < -0.4 is 0 Å². The normalized spacial score (nSPS) is 20.8. The van der Waals surface area contributed by atoms with Crippen molar-refractivity contribution >= 4 is 5.91 Å². The second-order valence-corrected chi connectivity index (χ2v) is 6.75. The van der Waals surface area contributed by atoms with Gasteiger partial charge in [0, 0.05) is 63.9 Å². The summed E-state index contributed by atoms with van der Waals surface area (Å²) >= 11 is 0. The Morgan fingerprint density at radius 2 is 2.24 bits per heavy atom. The minimum atomic E-state index is -0.844. The standard InChI is InChI=1S/C18H24FN5O/c1-22(18(25)6-14-4-3-5-20-8-14)13-17-7-16(19)12-24(17)11-15-9-21-23(2)10-15/h3-5,8-10,16-17H,6-7,11-13H2,1-2H3/t16-,17-/m0/s1. The lowest BCUT2D eigenvalue weighted by molar-refractivity contribution is -0.129. The van der Waals surface area contributed by atoms with Crippen molar-refractivity contribution in [3.8, 4) is 0 Å². The van der Waals surface area contributed by atoms with E-state index < -0.39 is 6.17 Å². The molecule has 25 heavy (non-hydrogen) atoms. The predicted octanol–water partition coefficient (Wildman–Crippen LogP) is 1.43. The fourth-order valence-electron chi connectivity index (χ4n) is 3.32. The average Bonchev–Trinajstić information content (AvgIpc) is 3.14. The minimum Gasteiger partial charge on any atom is -0.344 e. The van der Waals surface area contributed by atoms with Crippen LogP contribution in [0.3, 0.4) is 0 Å². The van der Waals surface area contributed by atoms with E-state index in [1.165, 1.54) is 0 Å². The second kappa shape index (κ2) is 7.74. The molecular weight excluding hydrogens is 321 g/mol. The van der Waals surface area contributed by atoms with Crippen LogP contribution in [0.25, 0.3) is 0 Å². The third-order valence-corrected chi connectivity index (χ3v) is 4.61. The van der Waals surface area contributed by atoms with Gasteiger partial charge in [-0.05, 0) is 18.1 Å². The molecular formula is C18H24FN5O. The van der Waals surface area contributed by atoms with Crippen LogP contribution >= 0.6 is 0 Å². The number of alkyl halides is 1. The Morgan fingerprint density at radius 3 is 2.92 bits per heavy atom. The Kier molecular flexibility index (Phi) is 5.43. The smallest absolute Gasteiger partial charge is 0.226 e. The molecule has 2 aromatic heterocycles. The van der Waals surface area contributed by atoms with Gasteiger partial charge in [-0.1, -0.05) is 6.07 Å². The molecule has 1 aliphatic heterocycles. The minimum absolute atomic E-state index is 0.0247. The Bertz CT molecular complexity index is 705. The van der Waals surface area contributed by atoms with E-state index in [0.29, 0.717) is 32.5 Å². The molecule has 1 fully saturated rings. The van der Waals surface area contributed by atoms with Crippen molar-refractivity contribution < 1.29 is 9.18 Å². The molecule has 6 nitrogen and oxygen atoms in total. The molecule has 3 rings (SSSR count). The molecule has 0 radical (unpaired) electrons. The highest BCUT2D eigenvalue weighted by Gasteiger charge is 2.33. The third kappa shape index (κ3) is 4.63. The van der Waals surface area contributed by atoms with Gasteiger partial charge in [-0.2, -0.15) is 5.10 Å². The summed E-state index contributed by atoms with van der Waals surface area (Å²) in [6, 6.07) is 3.74. The number of carbonyl (C=O) groups excluding carboxylic acids is 1. The molecule has 0 spiro atoms. The first-order chi connectivity index (χ1) is 12.0. The highest BCUT2D eigenvalue weighted by molar-refractivity contribution is 5.78. The number of hydrogen-bond acceptors (Lipinski definition) is 4. The first kappa shape index (κ1) is 17.5. The number of hydrogen-bond donors (Lipinski definition) is 0. The van der Waals surface area contributed by atoms with Crippen LogP contribution in [0.1, 0.15) is 17.5 Å². The van der Waals surface area contributed by atoms with Gasteiger partial charge in [-0.25, -0.2) is 4.39 Å². The number of halogens is 1. The lowest BCUT2D eigenvalue weighted by Gasteiger charge is -2.28. The van der Waals surface area contributed by atoms with Gasteiger partial charge in [0.05, 0.1) is 12.6 Å². The van der Waals surface area contributed by atoms with Crippen LogP contribution in [0.2, 0.25) is 0 Å². The molecule has 0 aromatic carbocycles. The largest absolute Gasteiger partial charge is 0.344 e. The predicted molar refractivity (Wildman–Crippen MR) is 92.5 cm³/mol. The van der Waals surface area contributed by atoms with E-state index in [4.69, 9.17) is 0 Å². The topological polar surface area (TPSA) is 54.3 Å². The maximum Gasteiger partial charge on any atom is 0.226 e. The molecule has 0 bridgehead atoms. The van der Waals surface area contributed by atoms with E-state index >= 15 is 0 Å². The third-order valence-electron chi connectivity index (χ3n) is 4.61. The Balaban J connectivity index is 1.58. The summed E-state index contributed by atoms with van der Waals surface area (Å²) in [6.07, 6.45) is 7.08. The van der Waals surface area contributed by atoms with Crippen molar-refractivity contribution in [1.29, 1.82) is 0 Å². The number of rotatable bonds is 6. The van der Waals surface area contributed by atoms with Crippen LogP contribution in [0, 0.1) is 0 Å². The number of likely N-dealkylation sites (tertiary alicyclic amines) is 1. The summed E-state index contributed by atoms with van der Waals surface area (Å²) in [4.78, 5) is 20.3. The highest BCUT2D eigenvalue weighted by atomic mass is 19.1. The van der Waals surface area contributed by atoms with Crippen molar-refractivity contribution in [2.45, 2.75) is 31.6 Å². The zero-order chi connectivity index (χ0) is 17.8. The molecule has 3 heterocycles. The number of amides is 1. The van der Waals surface area contributed by atoms with Crippen molar-refractivity contribution in [3.63, 3.8) is 0 Å². The van der Waals surface area contributed by atoms with Gasteiger partial charge in [0.1, 0.15) is 6.17 Å². The molecule has 7 heteroatoms. The molecule has 1 amide bonds. The Morgan fingerprint density at radius 1 is 1.40 bits per heavy atom. The van der Waals surface area contributed by atoms with E-state index in [9.17, 15) is 9.18 Å². The molecule has 0 N–H and O–H groups in total. The fourth-order valence-corrected chi connectivity index (χ4v) is 3.32. The van der Waals surface area contributed by atoms with Gasteiger partial charge in [0.25, 0.3) is 0 Å². The lowest BCUT2D eigenvalue weighted by atomic mass is 10.1. The first-order valence-corrected chi connectivity index (χ1v) is 8.50. The number of aromatic nitrogens is 3. The van der Waals surface area contributed by atoms with Crippen LogP contribution in [-0.2, 0) is 24.8 Å². The lowest BCUT2D eigenvalue weighted by Crippen LogP contribution is -2.41. The zero-order valence-corrected chi connectivity index (χ0v) is 14.7. The van der Waals surface area contributed by atoms with E-state index in [2.05, 4.69) is 15.0 Å². The molecule has 2 atom stereocenters. The van der Waals surface area contributed by atoms with Crippen molar-refractivity contribution in [2.75, 3.05) is 20.1 Å². The molecule has 2 aromatic rings. The fraction of sp³-hybridized carbons (Fsp3) is 0.500.